The number of benzene rings is 1. The Kier molecular flexibility index (Phi) is 7.46. The van der Waals surface area contributed by atoms with Crippen LogP contribution in [-0.4, -0.2) is 28.0 Å². The maximum atomic E-state index is 11.8. The van der Waals surface area contributed by atoms with Crippen molar-refractivity contribution in [2.45, 2.75) is 51.0 Å². The molecule has 0 amide bonds. The molecule has 1 rings (SSSR count). The van der Waals surface area contributed by atoms with E-state index in [0.29, 0.717) is 18.4 Å². The van der Waals surface area contributed by atoms with E-state index in [1.165, 1.54) is 0 Å². The minimum absolute atomic E-state index is 0.110. The summed E-state index contributed by atoms with van der Waals surface area (Å²) in [5, 5.41) is 18.2. The SMILES string of the molecule is NC(CCCCCCC(=O)Cc1ccccc1O)C(=O)O. The van der Waals surface area contributed by atoms with Crippen molar-refractivity contribution < 1.29 is 19.8 Å². The Morgan fingerprint density at radius 2 is 1.76 bits per heavy atom. The van der Waals surface area contributed by atoms with Crippen molar-refractivity contribution in [3.8, 4) is 5.75 Å². The number of hydrogen-bond acceptors (Lipinski definition) is 4. The van der Waals surface area contributed by atoms with Crippen molar-refractivity contribution in [3.05, 3.63) is 29.8 Å². The molecule has 1 unspecified atom stereocenters. The van der Waals surface area contributed by atoms with E-state index in [1.54, 1.807) is 24.3 Å². The Labute approximate surface area is 124 Å². The van der Waals surface area contributed by atoms with Gasteiger partial charge in [0.05, 0.1) is 0 Å². The van der Waals surface area contributed by atoms with Crippen LogP contribution in [0.3, 0.4) is 0 Å². The number of aliphatic carboxylic acids is 1. The molecule has 0 saturated carbocycles. The summed E-state index contributed by atoms with van der Waals surface area (Å²) in [5.74, 6) is -0.694. The van der Waals surface area contributed by atoms with Crippen LogP contribution in [0.25, 0.3) is 0 Å². The Hall–Kier alpha value is -1.88. The number of aromatic hydroxyl groups is 1. The first-order valence-electron chi connectivity index (χ1n) is 7.27. The van der Waals surface area contributed by atoms with Gasteiger partial charge in [-0.15, -0.1) is 0 Å². The Balaban J connectivity index is 2.12. The number of ketones is 1. The van der Waals surface area contributed by atoms with Gasteiger partial charge in [0.2, 0.25) is 0 Å². The van der Waals surface area contributed by atoms with Gasteiger partial charge in [-0.25, -0.2) is 0 Å². The van der Waals surface area contributed by atoms with Gasteiger partial charge >= 0.3 is 5.97 Å². The molecule has 0 bridgehead atoms. The maximum absolute atomic E-state index is 11.8. The zero-order chi connectivity index (χ0) is 15.7. The number of Topliss-reactive ketones (excluding diaryl/α,β-unsaturated/α-hetero) is 1. The van der Waals surface area contributed by atoms with Crippen molar-refractivity contribution >= 4 is 11.8 Å². The monoisotopic (exact) mass is 293 g/mol. The van der Waals surface area contributed by atoms with Crippen molar-refractivity contribution in [1.82, 2.24) is 0 Å². The van der Waals surface area contributed by atoms with Crippen LogP contribution < -0.4 is 5.73 Å². The van der Waals surface area contributed by atoms with Crippen LogP contribution in [0.15, 0.2) is 24.3 Å². The molecule has 0 saturated heterocycles. The highest BCUT2D eigenvalue weighted by Crippen LogP contribution is 2.17. The highest BCUT2D eigenvalue weighted by atomic mass is 16.4. The minimum atomic E-state index is -0.965. The first-order valence-corrected chi connectivity index (χ1v) is 7.27. The topological polar surface area (TPSA) is 101 Å². The van der Waals surface area contributed by atoms with Crippen LogP contribution in [0.5, 0.6) is 5.75 Å². The van der Waals surface area contributed by atoms with Crippen LogP contribution in [0.1, 0.15) is 44.1 Å². The van der Waals surface area contributed by atoms with Gasteiger partial charge in [-0.3, -0.25) is 9.59 Å². The van der Waals surface area contributed by atoms with E-state index in [9.17, 15) is 14.7 Å². The lowest BCUT2D eigenvalue weighted by Gasteiger charge is -2.06. The summed E-state index contributed by atoms with van der Waals surface area (Å²) in [4.78, 5) is 22.3. The Morgan fingerprint density at radius 1 is 1.10 bits per heavy atom. The van der Waals surface area contributed by atoms with Gasteiger partial charge in [0.15, 0.2) is 0 Å². The Bertz CT molecular complexity index is 473. The molecule has 1 atom stereocenters. The molecule has 0 aliphatic rings. The van der Waals surface area contributed by atoms with Crippen molar-refractivity contribution in [2.75, 3.05) is 0 Å². The fourth-order valence-electron chi connectivity index (χ4n) is 2.12. The zero-order valence-electron chi connectivity index (χ0n) is 12.1. The quantitative estimate of drug-likeness (QED) is 0.574. The summed E-state index contributed by atoms with van der Waals surface area (Å²) in [6, 6.07) is 6.07. The third-order valence-electron chi connectivity index (χ3n) is 3.42. The van der Waals surface area contributed by atoms with Crippen molar-refractivity contribution in [3.63, 3.8) is 0 Å². The molecule has 0 heterocycles. The number of carboxylic acid groups (broad SMARTS) is 1. The molecule has 21 heavy (non-hydrogen) atoms. The second-order valence-corrected chi connectivity index (χ2v) is 5.24. The highest BCUT2D eigenvalue weighted by Gasteiger charge is 2.10. The molecule has 1 aromatic rings. The fourth-order valence-corrected chi connectivity index (χ4v) is 2.12. The summed E-state index contributed by atoms with van der Waals surface area (Å²) in [6.07, 6.45) is 4.54. The third-order valence-corrected chi connectivity index (χ3v) is 3.42. The van der Waals surface area contributed by atoms with Crippen molar-refractivity contribution in [1.29, 1.82) is 0 Å². The number of rotatable bonds is 10. The van der Waals surface area contributed by atoms with Crippen LogP contribution in [-0.2, 0) is 16.0 Å². The number of nitrogens with two attached hydrogens (primary N) is 1. The second-order valence-electron chi connectivity index (χ2n) is 5.24. The summed E-state index contributed by atoms with van der Waals surface area (Å²) < 4.78 is 0. The predicted molar refractivity (Wildman–Crippen MR) is 80.1 cm³/mol. The van der Waals surface area contributed by atoms with Crippen molar-refractivity contribution in [2.24, 2.45) is 5.73 Å². The van der Waals surface area contributed by atoms with Crippen LogP contribution >= 0.6 is 0 Å². The van der Waals surface area contributed by atoms with Crippen LogP contribution in [0.2, 0.25) is 0 Å². The molecule has 0 fully saturated rings. The van der Waals surface area contributed by atoms with Gasteiger partial charge in [0.1, 0.15) is 17.6 Å². The molecule has 0 aliphatic carbocycles. The number of phenolic OH excluding ortho intramolecular Hbond substituents is 1. The lowest BCUT2D eigenvalue weighted by Crippen LogP contribution is -2.29. The maximum Gasteiger partial charge on any atom is 0.320 e. The fraction of sp³-hybridized carbons (Fsp3) is 0.500. The largest absolute Gasteiger partial charge is 0.508 e. The second kappa shape index (κ2) is 9.13. The number of carbonyl (C=O) groups excluding carboxylic acids is 1. The third kappa shape index (κ3) is 6.90. The smallest absolute Gasteiger partial charge is 0.320 e. The lowest BCUT2D eigenvalue weighted by molar-refractivity contribution is -0.138. The molecular formula is C16H23NO4. The van der Waals surface area contributed by atoms with Gasteiger partial charge in [-0.1, -0.05) is 37.5 Å². The van der Waals surface area contributed by atoms with E-state index in [-0.39, 0.29) is 18.0 Å². The van der Waals surface area contributed by atoms with Gasteiger partial charge in [0.25, 0.3) is 0 Å². The standard InChI is InChI=1S/C16H23NO4/c17-14(16(20)21)9-4-2-1-3-8-13(18)11-12-7-5-6-10-15(12)19/h5-7,10,14,19H,1-4,8-9,11,17H2,(H,20,21). The molecule has 0 aromatic heterocycles. The number of carboxylic acids is 1. The molecule has 0 spiro atoms. The van der Waals surface area contributed by atoms with Gasteiger partial charge < -0.3 is 15.9 Å². The number of carbonyl (C=O) groups is 2. The number of unbranched alkanes of at least 4 members (excludes halogenated alkanes) is 3. The van der Waals surface area contributed by atoms with E-state index in [4.69, 9.17) is 10.8 Å². The van der Waals surface area contributed by atoms with Crippen LogP contribution in [0, 0.1) is 0 Å². The predicted octanol–water partition coefficient (Wildman–Crippen LogP) is 2.26. The van der Waals surface area contributed by atoms with Gasteiger partial charge in [-0.2, -0.15) is 0 Å². The average Bonchev–Trinajstić information content (AvgIpc) is 2.44. The molecule has 0 aliphatic heterocycles. The van der Waals surface area contributed by atoms with Gasteiger partial charge in [0, 0.05) is 18.4 Å². The number of hydrogen-bond donors (Lipinski definition) is 3. The number of phenols is 1. The molecular weight excluding hydrogens is 270 g/mol. The summed E-state index contributed by atoms with van der Waals surface area (Å²) in [6.45, 7) is 0. The lowest BCUT2D eigenvalue weighted by atomic mass is 10.0. The number of para-hydroxylation sites is 1. The molecule has 5 nitrogen and oxygen atoms in total. The summed E-state index contributed by atoms with van der Waals surface area (Å²) >= 11 is 0. The van der Waals surface area contributed by atoms with Gasteiger partial charge in [-0.05, 0) is 18.9 Å². The molecule has 116 valence electrons. The minimum Gasteiger partial charge on any atom is -0.508 e. The zero-order valence-corrected chi connectivity index (χ0v) is 12.1. The average molecular weight is 293 g/mol. The molecule has 0 radical (unpaired) electrons. The molecule has 4 N–H and O–H groups in total. The van der Waals surface area contributed by atoms with E-state index in [0.717, 1.165) is 25.7 Å². The van der Waals surface area contributed by atoms with E-state index in [1.807, 2.05) is 0 Å². The molecule has 1 aromatic carbocycles. The van der Waals surface area contributed by atoms with Crippen LogP contribution in [0.4, 0.5) is 0 Å². The first kappa shape index (κ1) is 17.2. The molecule has 5 heteroatoms. The summed E-state index contributed by atoms with van der Waals surface area (Å²) in [7, 11) is 0. The highest BCUT2D eigenvalue weighted by molar-refractivity contribution is 5.81. The van der Waals surface area contributed by atoms with E-state index >= 15 is 0 Å². The van der Waals surface area contributed by atoms with E-state index in [2.05, 4.69) is 0 Å². The Morgan fingerprint density at radius 3 is 2.43 bits per heavy atom. The first-order chi connectivity index (χ1) is 10.0. The van der Waals surface area contributed by atoms with E-state index < -0.39 is 12.0 Å². The normalized spacial score (nSPS) is 12.0. The summed E-state index contributed by atoms with van der Waals surface area (Å²) in [5.41, 5.74) is 6.06.